The number of ether oxygens (including phenoxy) is 1. The molecule has 0 radical (unpaired) electrons. The van der Waals surface area contributed by atoms with Crippen molar-refractivity contribution >= 4 is 5.91 Å². The van der Waals surface area contributed by atoms with E-state index in [-0.39, 0.29) is 11.9 Å². The van der Waals surface area contributed by atoms with Gasteiger partial charge in [-0.05, 0) is 22.6 Å². The molecule has 0 aromatic carbocycles. The summed E-state index contributed by atoms with van der Waals surface area (Å²) < 4.78 is 12.2. The third-order valence-corrected chi connectivity index (χ3v) is 4.87. The maximum absolute atomic E-state index is 12.4. The van der Waals surface area contributed by atoms with Crippen LogP contribution >= 0.6 is 0 Å². The number of carbonyl (C=O) groups excluding carboxylic acids is 1. The summed E-state index contributed by atoms with van der Waals surface area (Å²) >= 11 is 0. The molecule has 2 aromatic rings. The maximum Gasteiger partial charge on any atom is 0.289 e. The number of rotatable bonds is 8. The van der Waals surface area contributed by atoms with E-state index < -0.39 is 0 Å². The van der Waals surface area contributed by atoms with Crippen molar-refractivity contribution in [3.05, 3.63) is 30.0 Å². The minimum absolute atomic E-state index is 0.0361. The Bertz CT molecular complexity index is 678. The molecule has 0 bridgehead atoms. The topological polar surface area (TPSA) is 90.7 Å². The van der Waals surface area contributed by atoms with Gasteiger partial charge in [0.2, 0.25) is 5.82 Å². The van der Waals surface area contributed by atoms with Crippen molar-refractivity contribution < 1.29 is 18.8 Å². The Kier molecular flexibility index (Phi) is 6.35. The first kappa shape index (κ1) is 18.5. The van der Waals surface area contributed by atoms with Gasteiger partial charge in [0.25, 0.3) is 5.91 Å². The van der Waals surface area contributed by atoms with Crippen LogP contribution < -0.4 is 4.90 Å². The van der Waals surface area contributed by atoms with Crippen LogP contribution in [0.2, 0.25) is 0 Å². The lowest BCUT2D eigenvalue weighted by molar-refractivity contribution is -0.936. The van der Waals surface area contributed by atoms with Gasteiger partial charge in [-0.25, -0.2) is 4.68 Å². The minimum atomic E-state index is -0.0361. The fourth-order valence-corrected chi connectivity index (χ4v) is 3.50. The van der Waals surface area contributed by atoms with E-state index in [1.54, 1.807) is 19.2 Å². The summed E-state index contributed by atoms with van der Waals surface area (Å²) in [5.74, 6) is 1.28. The Balaban J connectivity index is 1.65. The van der Waals surface area contributed by atoms with Crippen LogP contribution in [0.4, 0.5) is 0 Å². The fraction of sp³-hybridized carbons (Fsp3) is 0.647. The summed E-state index contributed by atoms with van der Waals surface area (Å²) in [7, 11) is 1.67. The number of amides is 1. The number of quaternary nitrogens is 1. The van der Waals surface area contributed by atoms with Gasteiger partial charge in [-0.3, -0.25) is 4.79 Å². The number of carbonyl (C=O) groups is 1. The van der Waals surface area contributed by atoms with E-state index in [9.17, 15) is 4.79 Å². The van der Waals surface area contributed by atoms with Crippen molar-refractivity contribution in [1.29, 1.82) is 0 Å². The molecule has 1 aliphatic rings. The van der Waals surface area contributed by atoms with Gasteiger partial charge in [-0.15, -0.1) is 5.10 Å². The molecule has 0 unspecified atom stereocenters. The van der Waals surface area contributed by atoms with Gasteiger partial charge in [0.15, 0.2) is 5.76 Å². The van der Waals surface area contributed by atoms with Crippen molar-refractivity contribution in [2.24, 2.45) is 0 Å². The standard InChI is InChI=1S/C17H26N6O3/c1-3-5-14(16-18-19-20-23(16)11-13-25-2)21-7-9-22(10-8-21)17(24)15-6-4-12-26-15/h4,6,12,14H,3,5,7-11,13H2,1-2H3/p+1/t14-/m1/s1. The Morgan fingerprint density at radius 3 is 2.88 bits per heavy atom. The smallest absolute Gasteiger partial charge is 0.289 e. The number of tetrazole rings is 1. The van der Waals surface area contributed by atoms with Gasteiger partial charge in [0, 0.05) is 13.5 Å². The zero-order valence-corrected chi connectivity index (χ0v) is 15.4. The molecule has 142 valence electrons. The van der Waals surface area contributed by atoms with Crippen molar-refractivity contribution in [3.63, 3.8) is 0 Å². The largest absolute Gasteiger partial charge is 0.459 e. The average molecular weight is 363 g/mol. The quantitative estimate of drug-likeness (QED) is 0.698. The number of hydrogen-bond acceptors (Lipinski definition) is 6. The zero-order valence-electron chi connectivity index (χ0n) is 15.4. The number of furan rings is 1. The molecule has 9 heteroatoms. The minimum Gasteiger partial charge on any atom is -0.459 e. The van der Waals surface area contributed by atoms with Crippen molar-refractivity contribution in [1.82, 2.24) is 25.1 Å². The lowest BCUT2D eigenvalue weighted by atomic mass is 10.1. The van der Waals surface area contributed by atoms with E-state index in [0.29, 0.717) is 32.0 Å². The highest BCUT2D eigenvalue weighted by Crippen LogP contribution is 2.13. The van der Waals surface area contributed by atoms with Crippen molar-refractivity contribution in [2.75, 3.05) is 39.9 Å². The first-order valence-electron chi connectivity index (χ1n) is 9.17. The van der Waals surface area contributed by atoms with Crippen LogP contribution in [0.5, 0.6) is 0 Å². The molecule has 1 amide bonds. The first-order valence-corrected chi connectivity index (χ1v) is 9.17. The summed E-state index contributed by atoms with van der Waals surface area (Å²) in [5.41, 5.74) is 0. The molecule has 1 saturated heterocycles. The second kappa shape index (κ2) is 8.91. The number of piperazine rings is 1. The van der Waals surface area contributed by atoms with Crippen LogP contribution in [-0.4, -0.2) is 70.9 Å². The summed E-state index contributed by atoms with van der Waals surface area (Å²) in [6, 6.07) is 3.68. The molecule has 3 rings (SSSR count). The highest BCUT2D eigenvalue weighted by Gasteiger charge is 2.33. The molecule has 3 heterocycles. The predicted molar refractivity (Wildman–Crippen MR) is 92.7 cm³/mol. The van der Waals surface area contributed by atoms with Crippen LogP contribution in [-0.2, 0) is 11.3 Å². The van der Waals surface area contributed by atoms with Crippen LogP contribution in [0.3, 0.4) is 0 Å². The molecule has 2 aromatic heterocycles. The van der Waals surface area contributed by atoms with Crippen LogP contribution in [0, 0.1) is 0 Å². The summed E-state index contributed by atoms with van der Waals surface area (Å²) in [5, 5.41) is 12.3. The van der Waals surface area contributed by atoms with E-state index in [1.807, 2.05) is 9.58 Å². The van der Waals surface area contributed by atoms with Crippen LogP contribution in [0.15, 0.2) is 22.8 Å². The average Bonchev–Trinajstić information content (AvgIpc) is 3.36. The van der Waals surface area contributed by atoms with E-state index in [1.165, 1.54) is 11.2 Å². The van der Waals surface area contributed by atoms with Gasteiger partial charge >= 0.3 is 0 Å². The molecule has 1 N–H and O–H groups in total. The Labute approximate surface area is 152 Å². The molecule has 9 nitrogen and oxygen atoms in total. The maximum atomic E-state index is 12.4. The van der Waals surface area contributed by atoms with E-state index in [2.05, 4.69) is 22.4 Å². The van der Waals surface area contributed by atoms with Crippen LogP contribution in [0.25, 0.3) is 0 Å². The van der Waals surface area contributed by atoms with Gasteiger partial charge < -0.3 is 19.0 Å². The third kappa shape index (κ3) is 4.10. The number of nitrogens with one attached hydrogen (secondary N) is 1. The normalized spacial score (nSPS) is 16.8. The Morgan fingerprint density at radius 2 is 2.23 bits per heavy atom. The van der Waals surface area contributed by atoms with E-state index in [4.69, 9.17) is 9.15 Å². The molecule has 0 spiro atoms. The molecule has 1 aliphatic heterocycles. The predicted octanol–water partition coefficient (Wildman–Crippen LogP) is -0.205. The zero-order chi connectivity index (χ0) is 18.4. The molecule has 1 fully saturated rings. The lowest BCUT2D eigenvalue weighted by Crippen LogP contribution is -3.15. The van der Waals surface area contributed by atoms with Gasteiger partial charge in [0.05, 0.1) is 45.6 Å². The monoisotopic (exact) mass is 363 g/mol. The number of aromatic nitrogens is 4. The Hall–Kier alpha value is -2.26. The molecule has 26 heavy (non-hydrogen) atoms. The molecular weight excluding hydrogens is 336 g/mol. The molecule has 1 atom stereocenters. The third-order valence-electron chi connectivity index (χ3n) is 4.87. The van der Waals surface area contributed by atoms with Gasteiger partial charge in [0.1, 0.15) is 6.04 Å². The highest BCUT2D eigenvalue weighted by atomic mass is 16.5. The molecular formula is C17H27N6O3+. The number of nitrogens with zero attached hydrogens (tertiary/aromatic N) is 5. The van der Waals surface area contributed by atoms with E-state index >= 15 is 0 Å². The van der Waals surface area contributed by atoms with Crippen LogP contribution in [0.1, 0.15) is 42.2 Å². The molecule has 0 saturated carbocycles. The summed E-state index contributed by atoms with van der Waals surface area (Å²) in [6.45, 7) is 6.55. The fourth-order valence-electron chi connectivity index (χ4n) is 3.50. The molecule has 0 aliphatic carbocycles. The van der Waals surface area contributed by atoms with Gasteiger partial charge in [-0.1, -0.05) is 13.3 Å². The Morgan fingerprint density at radius 1 is 1.42 bits per heavy atom. The summed E-state index contributed by atoms with van der Waals surface area (Å²) in [6.07, 6.45) is 3.60. The van der Waals surface area contributed by atoms with Crippen molar-refractivity contribution in [2.45, 2.75) is 32.4 Å². The van der Waals surface area contributed by atoms with Gasteiger partial charge in [-0.2, -0.15) is 0 Å². The SMILES string of the molecule is CCC[C@H](c1nnnn1CCOC)[NH+]1CCN(C(=O)c2ccco2)CC1. The number of methoxy groups -OCH3 is 1. The number of hydrogen-bond donors (Lipinski definition) is 1. The van der Waals surface area contributed by atoms with Crippen molar-refractivity contribution in [3.8, 4) is 0 Å². The second-order valence-corrected chi connectivity index (χ2v) is 6.52. The second-order valence-electron chi connectivity index (χ2n) is 6.52. The van der Waals surface area contributed by atoms with E-state index in [0.717, 1.165) is 31.8 Å². The summed E-state index contributed by atoms with van der Waals surface area (Å²) in [4.78, 5) is 15.7. The first-order chi connectivity index (χ1) is 12.7. The highest BCUT2D eigenvalue weighted by molar-refractivity contribution is 5.91. The lowest BCUT2D eigenvalue weighted by Gasteiger charge is -2.35.